The highest BCUT2D eigenvalue weighted by atomic mass is 19.3. The summed E-state index contributed by atoms with van der Waals surface area (Å²) in [7, 11) is 0. The Morgan fingerprint density at radius 1 is 1.07 bits per heavy atom. The number of amides is 1. The largest absolute Gasteiger partial charge is 0.379 e. The van der Waals surface area contributed by atoms with Gasteiger partial charge in [0.1, 0.15) is 5.82 Å². The first-order chi connectivity index (χ1) is 13.0. The molecule has 1 heterocycles. The fraction of sp³-hybridized carbons (Fsp3) is 0.350. The van der Waals surface area contributed by atoms with Gasteiger partial charge in [-0.05, 0) is 17.2 Å². The molecule has 0 atom stereocenters. The van der Waals surface area contributed by atoms with Gasteiger partial charge in [0.05, 0.1) is 24.3 Å². The van der Waals surface area contributed by atoms with Gasteiger partial charge in [0, 0.05) is 26.2 Å². The molecule has 0 radical (unpaired) electrons. The molecule has 0 unspecified atom stereocenters. The predicted molar refractivity (Wildman–Crippen MR) is 95.1 cm³/mol. The van der Waals surface area contributed by atoms with Crippen molar-refractivity contribution in [2.45, 2.75) is 19.5 Å². The van der Waals surface area contributed by atoms with Crippen molar-refractivity contribution in [1.29, 1.82) is 0 Å². The van der Waals surface area contributed by atoms with E-state index in [4.69, 9.17) is 4.74 Å². The van der Waals surface area contributed by atoms with Gasteiger partial charge in [0.25, 0.3) is 12.3 Å². The Hall–Kier alpha value is -2.38. The summed E-state index contributed by atoms with van der Waals surface area (Å²) < 4.78 is 44.8. The highest BCUT2D eigenvalue weighted by Crippen LogP contribution is 2.24. The maximum Gasteiger partial charge on any atom is 0.266 e. The summed E-state index contributed by atoms with van der Waals surface area (Å²) in [5, 5.41) is 2.57. The zero-order valence-corrected chi connectivity index (χ0v) is 14.8. The van der Waals surface area contributed by atoms with Crippen molar-refractivity contribution in [3.8, 4) is 0 Å². The number of hydrogen-bond donors (Lipinski definition) is 1. The molecule has 3 rings (SSSR count). The Labute approximate surface area is 155 Å². The van der Waals surface area contributed by atoms with E-state index < -0.39 is 23.7 Å². The van der Waals surface area contributed by atoms with Crippen LogP contribution in [0.4, 0.5) is 13.2 Å². The van der Waals surface area contributed by atoms with Gasteiger partial charge in [-0.2, -0.15) is 0 Å². The van der Waals surface area contributed by atoms with E-state index in [-0.39, 0.29) is 12.1 Å². The van der Waals surface area contributed by atoms with Crippen molar-refractivity contribution >= 4 is 5.91 Å². The van der Waals surface area contributed by atoms with Gasteiger partial charge in [-0.15, -0.1) is 0 Å². The Morgan fingerprint density at radius 3 is 2.41 bits per heavy atom. The van der Waals surface area contributed by atoms with E-state index in [0.29, 0.717) is 0 Å². The number of nitrogens with one attached hydrogen (secondary N) is 1. The standard InChI is InChI=1S/C20H21F3N2O2/c21-18-16(19(22)23)2-1-3-17(18)20(26)24-12-14-4-6-15(7-5-14)13-25-8-10-27-11-9-25/h1-7,19H,8-13H2,(H,24,26). The molecule has 27 heavy (non-hydrogen) atoms. The molecule has 2 aromatic carbocycles. The average molecular weight is 378 g/mol. The smallest absolute Gasteiger partial charge is 0.266 e. The Balaban J connectivity index is 1.57. The molecule has 0 aliphatic carbocycles. The Morgan fingerprint density at radius 2 is 1.74 bits per heavy atom. The van der Waals surface area contributed by atoms with Gasteiger partial charge in [-0.3, -0.25) is 9.69 Å². The lowest BCUT2D eigenvalue weighted by molar-refractivity contribution is 0.0342. The zero-order valence-electron chi connectivity index (χ0n) is 14.8. The van der Waals surface area contributed by atoms with E-state index in [2.05, 4.69) is 10.2 Å². The van der Waals surface area contributed by atoms with Gasteiger partial charge in [-0.25, -0.2) is 13.2 Å². The monoisotopic (exact) mass is 378 g/mol. The molecule has 1 N–H and O–H groups in total. The molecule has 0 saturated carbocycles. The zero-order chi connectivity index (χ0) is 19.2. The number of halogens is 3. The van der Waals surface area contributed by atoms with Crippen molar-refractivity contribution in [2.24, 2.45) is 0 Å². The highest BCUT2D eigenvalue weighted by Gasteiger charge is 2.19. The number of rotatable bonds is 6. The van der Waals surface area contributed by atoms with Crippen LogP contribution in [0.1, 0.15) is 33.5 Å². The van der Waals surface area contributed by atoms with Gasteiger partial charge < -0.3 is 10.1 Å². The summed E-state index contributed by atoms with van der Waals surface area (Å²) in [6.45, 7) is 4.32. The first kappa shape index (κ1) is 19.4. The number of carbonyl (C=O) groups excluding carboxylic acids is 1. The van der Waals surface area contributed by atoms with Crippen LogP contribution in [0.5, 0.6) is 0 Å². The number of morpholine rings is 1. The van der Waals surface area contributed by atoms with Crippen molar-refractivity contribution < 1.29 is 22.7 Å². The molecule has 2 aromatic rings. The maximum absolute atomic E-state index is 14.0. The molecule has 7 heteroatoms. The first-order valence-corrected chi connectivity index (χ1v) is 8.77. The molecule has 1 saturated heterocycles. The summed E-state index contributed by atoms with van der Waals surface area (Å²) in [6.07, 6.45) is -2.96. The molecule has 1 fully saturated rings. The number of hydrogen-bond acceptors (Lipinski definition) is 3. The molecule has 1 aliphatic heterocycles. The van der Waals surface area contributed by atoms with Crippen LogP contribution < -0.4 is 5.32 Å². The molecule has 0 spiro atoms. The lowest BCUT2D eigenvalue weighted by atomic mass is 10.1. The summed E-state index contributed by atoms with van der Waals surface area (Å²) in [5.74, 6) is -1.89. The highest BCUT2D eigenvalue weighted by molar-refractivity contribution is 5.94. The fourth-order valence-electron chi connectivity index (χ4n) is 2.95. The Bertz CT molecular complexity index is 775. The Kier molecular flexibility index (Phi) is 6.47. The molecular formula is C20H21F3N2O2. The van der Waals surface area contributed by atoms with Crippen LogP contribution >= 0.6 is 0 Å². The van der Waals surface area contributed by atoms with Crippen LogP contribution in [-0.2, 0) is 17.8 Å². The number of nitrogens with zero attached hydrogens (tertiary/aromatic N) is 1. The average Bonchev–Trinajstić information content (AvgIpc) is 2.68. The first-order valence-electron chi connectivity index (χ1n) is 8.77. The fourth-order valence-corrected chi connectivity index (χ4v) is 2.95. The second kappa shape index (κ2) is 9.01. The summed E-state index contributed by atoms with van der Waals surface area (Å²) in [4.78, 5) is 14.4. The van der Waals surface area contributed by atoms with E-state index in [1.807, 2.05) is 24.3 Å². The van der Waals surface area contributed by atoms with Crippen LogP contribution in [0, 0.1) is 5.82 Å². The van der Waals surface area contributed by atoms with Crippen molar-refractivity contribution in [3.05, 3.63) is 70.5 Å². The molecule has 144 valence electrons. The third kappa shape index (κ3) is 5.08. The van der Waals surface area contributed by atoms with Gasteiger partial charge >= 0.3 is 0 Å². The molecule has 4 nitrogen and oxygen atoms in total. The molecular weight excluding hydrogens is 357 g/mol. The normalized spacial score (nSPS) is 15.1. The second-order valence-electron chi connectivity index (χ2n) is 6.40. The van der Waals surface area contributed by atoms with Crippen LogP contribution in [-0.4, -0.2) is 37.1 Å². The van der Waals surface area contributed by atoms with Crippen molar-refractivity contribution in [2.75, 3.05) is 26.3 Å². The van der Waals surface area contributed by atoms with E-state index >= 15 is 0 Å². The number of ether oxygens (including phenoxy) is 1. The quantitative estimate of drug-likeness (QED) is 0.836. The van der Waals surface area contributed by atoms with E-state index in [1.165, 1.54) is 12.1 Å². The third-order valence-electron chi connectivity index (χ3n) is 4.49. The van der Waals surface area contributed by atoms with Gasteiger partial charge in [0.2, 0.25) is 0 Å². The van der Waals surface area contributed by atoms with Gasteiger partial charge in [-0.1, -0.05) is 36.4 Å². The summed E-state index contributed by atoms with van der Waals surface area (Å²) >= 11 is 0. The SMILES string of the molecule is O=C(NCc1ccc(CN2CCOCC2)cc1)c1cccc(C(F)F)c1F. The molecule has 0 bridgehead atoms. The number of benzene rings is 2. The van der Waals surface area contributed by atoms with E-state index in [1.54, 1.807) is 0 Å². The predicted octanol–water partition coefficient (Wildman–Crippen LogP) is 3.53. The number of carbonyl (C=O) groups is 1. The number of alkyl halides is 2. The molecule has 1 amide bonds. The lowest BCUT2D eigenvalue weighted by Crippen LogP contribution is -2.35. The maximum atomic E-state index is 14.0. The molecule has 1 aliphatic rings. The lowest BCUT2D eigenvalue weighted by Gasteiger charge is -2.26. The summed E-state index contributed by atoms with van der Waals surface area (Å²) in [6, 6.07) is 11.2. The van der Waals surface area contributed by atoms with E-state index in [9.17, 15) is 18.0 Å². The second-order valence-corrected chi connectivity index (χ2v) is 6.40. The van der Waals surface area contributed by atoms with Crippen LogP contribution in [0.2, 0.25) is 0 Å². The minimum Gasteiger partial charge on any atom is -0.379 e. The van der Waals surface area contributed by atoms with Crippen LogP contribution in [0.15, 0.2) is 42.5 Å². The van der Waals surface area contributed by atoms with Crippen LogP contribution in [0.3, 0.4) is 0 Å². The minimum absolute atomic E-state index is 0.189. The van der Waals surface area contributed by atoms with Crippen LogP contribution in [0.25, 0.3) is 0 Å². The minimum atomic E-state index is -2.96. The summed E-state index contributed by atoms with van der Waals surface area (Å²) in [5.41, 5.74) is 0.856. The molecule has 0 aromatic heterocycles. The van der Waals surface area contributed by atoms with Gasteiger partial charge in [0.15, 0.2) is 0 Å². The van der Waals surface area contributed by atoms with Crippen molar-refractivity contribution in [1.82, 2.24) is 10.2 Å². The topological polar surface area (TPSA) is 41.6 Å². The van der Waals surface area contributed by atoms with E-state index in [0.717, 1.165) is 50.0 Å². The third-order valence-corrected chi connectivity index (χ3v) is 4.49. The van der Waals surface area contributed by atoms with Crippen molar-refractivity contribution in [3.63, 3.8) is 0 Å².